The Morgan fingerprint density at radius 2 is 2.17 bits per heavy atom. The van der Waals surface area contributed by atoms with Gasteiger partial charge in [0.25, 0.3) is 0 Å². The number of anilines is 2. The lowest BCUT2D eigenvalue weighted by molar-refractivity contribution is 0.586. The summed E-state index contributed by atoms with van der Waals surface area (Å²) in [7, 11) is -3.13. The second-order valence-corrected chi connectivity index (χ2v) is 6.17. The third kappa shape index (κ3) is 5.58. The quantitative estimate of drug-likeness (QED) is 0.310. The molecule has 0 aliphatic rings. The van der Waals surface area contributed by atoms with E-state index in [1.807, 2.05) is 0 Å². The van der Waals surface area contributed by atoms with Crippen LogP contribution in [-0.2, 0) is 10.0 Å². The van der Waals surface area contributed by atoms with Crippen LogP contribution >= 0.6 is 15.9 Å². The third-order valence-electron chi connectivity index (χ3n) is 1.88. The van der Waals surface area contributed by atoms with E-state index < -0.39 is 10.0 Å². The number of sulfonamides is 1. The summed E-state index contributed by atoms with van der Waals surface area (Å²) in [5.74, 6) is 6.09. The summed E-state index contributed by atoms with van der Waals surface area (Å²) in [5.41, 5.74) is 2.34. The Balaban J connectivity index is 2.39. The molecule has 0 unspecified atom stereocenters. The third-order valence-corrected chi connectivity index (χ3v) is 3.19. The van der Waals surface area contributed by atoms with Gasteiger partial charge in [-0.25, -0.2) is 24.0 Å². The maximum atomic E-state index is 10.8. The fourth-order valence-electron chi connectivity index (χ4n) is 1.11. The lowest BCUT2D eigenvalue weighted by Crippen LogP contribution is -2.24. The Bertz CT molecular complexity index is 494. The van der Waals surface area contributed by atoms with Crippen LogP contribution in [0.4, 0.5) is 11.8 Å². The zero-order valence-electron chi connectivity index (χ0n) is 9.77. The lowest BCUT2D eigenvalue weighted by atomic mass is 10.4. The van der Waals surface area contributed by atoms with Crippen LogP contribution < -0.4 is 21.3 Å². The molecular formula is C8H15BrN6O2S. The molecule has 1 rings (SSSR count). The van der Waals surface area contributed by atoms with Crippen LogP contribution in [0.25, 0.3) is 0 Å². The predicted molar refractivity (Wildman–Crippen MR) is 73.5 cm³/mol. The number of aromatic nitrogens is 2. The van der Waals surface area contributed by atoms with Gasteiger partial charge in [-0.15, -0.1) is 0 Å². The molecular weight excluding hydrogens is 324 g/mol. The highest BCUT2D eigenvalue weighted by atomic mass is 79.9. The monoisotopic (exact) mass is 338 g/mol. The first-order valence-corrected chi connectivity index (χ1v) is 7.78. The zero-order chi connectivity index (χ0) is 13.6. The molecule has 0 aliphatic heterocycles. The fraction of sp³-hybridized carbons (Fsp3) is 0.500. The van der Waals surface area contributed by atoms with Crippen LogP contribution in [0.3, 0.4) is 0 Å². The highest BCUT2D eigenvalue weighted by molar-refractivity contribution is 9.10. The molecule has 18 heavy (non-hydrogen) atoms. The molecule has 0 radical (unpaired) electrons. The van der Waals surface area contributed by atoms with Gasteiger partial charge in [0.2, 0.25) is 16.0 Å². The van der Waals surface area contributed by atoms with Gasteiger partial charge in [0, 0.05) is 19.3 Å². The van der Waals surface area contributed by atoms with Crippen molar-refractivity contribution in [2.45, 2.75) is 6.42 Å². The van der Waals surface area contributed by atoms with Gasteiger partial charge >= 0.3 is 0 Å². The molecule has 0 aliphatic carbocycles. The molecule has 8 nitrogen and oxygen atoms in total. The highest BCUT2D eigenvalue weighted by Crippen LogP contribution is 2.19. The largest absolute Gasteiger partial charge is 0.369 e. The Morgan fingerprint density at radius 3 is 2.78 bits per heavy atom. The van der Waals surface area contributed by atoms with Crippen molar-refractivity contribution in [1.29, 1.82) is 0 Å². The molecule has 10 heteroatoms. The molecule has 1 heterocycles. The minimum atomic E-state index is -3.13. The van der Waals surface area contributed by atoms with Gasteiger partial charge in [-0.2, -0.15) is 4.98 Å². The van der Waals surface area contributed by atoms with E-state index in [2.05, 4.69) is 41.4 Å². The van der Waals surface area contributed by atoms with Crippen molar-refractivity contribution >= 4 is 37.7 Å². The minimum Gasteiger partial charge on any atom is -0.369 e. The molecule has 102 valence electrons. The summed E-state index contributed by atoms with van der Waals surface area (Å²) in [6.07, 6.45) is 3.33. The average molecular weight is 339 g/mol. The number of nitrogens with one attached hydrogen (secondary N) is 3. The second-order valence-electron chi connectivity index (χ2n) is 3.48. The molecule has 0 bridgehead atoms. The van der Waals surface area contributed by atoms with Crippen molar-refractivity contribution in [3.63, 3.8) is 0 Å². The molecule has 0 saturated heterocycles. The number of rotatable bonds is 7. The number of hydrogen-bond acceptors (Lipinski definition) is 7. The Labute approximate surface area is 114 Å². The Morgan fingerprint density at radius 1 is 1.44 bits per heavy atom. The van der Waals surface area contributed by atoms with Gasteiger partial charge in [-0.3, -0.25) is 5.43 Å². The summed E-state index contributed by atoms with van der Waals surface area (Å²) >= 11 is 3.29. The van der Waals surface area contributed by atoms with Crippen LogP contribution in [-0.4, -0.2) is 37.7 Å². The van der Waals surface area contributed by atoms with E-state index in [1.165, 1.54) is 0 Å². The lowest BCUT2D eigenvalue weighted by Gasteiger charge is -2.08. The number of nitrogens with zero attached hydrogens (tertiary/aromatic N) is 2. The maximum Gasteiger partial charge on any atom is 0.239 e. The normalized spacial score (nSPS) is 11.3. The van der Waals surface area contributed by atoms with Gasteiger partial charge in [-0.1, -0.05) is 0 Å². The SMILES string of the molecule is CS(=O)(=O)NCCCNc1nc(NN)ncc1Br. The van der Waals surface area contributed by atoms with Crippen molar-refractivity contribution in [2.75, 3.05) is 30.1 Å². The van der Waals surface area contributed by atoms with E-state index in [1.54, 1.807) is 6.20 Å². The van der Waals surface area contributed by atoms with Crippen LogP contribution in [0.2, 0.25) is 0 Å². The van der Waals surface area contributed by atoms with E-state index in [0.717, 1.165) is 6.26 Å². The van der Waals surface area contributed by atoms with E-state index in [4.69, 9.17) is 5.84 Å². The molecule has 0 atom stereocenters. The summed E-state index contributed by atoms with van der Waals surface area (Å²) in [4.78, 5) is 8.00. The van der Waals surface area contributed by atoms with E-state index in [9.17, 15) is 8.42 Å². The van der Waals surface area contributed by atoms with E-state index in [-0.39, 0.29) is 0 Å². The van der Waals surface area contributed by atoms with Crippen molar-refractivity contribution in [1.82, 2.24) is 14.7 Å². The van der Waals surface area contributed by atoms with E-state index >= 15 is 0 Å². The first kappa shape index (κ1) is 15.1. The Hall–Kier alpha value is -0.970. The summed E-state index contributed by atoms with van der Waals surface area (Å²) in [6.45, 7) is 0.943. The fourth-order valence-corrected chi connectivity index (χ4v) is 1.96. The van der Waals surface area contributed by atoms with Crippen LogP contribution in [0, 0.1) is 0 Å². The van der Waals surface area contributed by atoms with Crippen molar-refractivity contribution in [2.24, 2.45) is 5.84 Å². The van der Waals surface area contributed by atoms with Gasteiger partial charge in [-0.05, 0) is 22.4 Å². The molecule has 0 spiro atoms. The summed E-state index contributed by atoms with van der Waals surface area (Å²) in [6, 6.07) is 0. The highest BCUT2D eigenvalue weighted by Gasteiger charge is 2.04. The predicted octanol–water partition coefficient (Wildman–Crippen LogP) is -0.124. The first-order valence-electron chi connectivity index (χ1n) is 5.10. The van der Waals surface area contributed by atoms with Gasteiger partial charge in [0.05, 0.1) is 10.7 Å². The van der Waals surface area contributed by atoms with Crippen LogP contribution in [0.5, 0.6) is 0 Å². The van der Waals surface area contributed by atoms with Crippen LogP contribution in [0.15, 0.2) is 10.7 Å². The van der Waals surface area contributed by atoms with Crippen molar-refractivity contribution in [3.8, 4) is 0 Å². The van der Waals surface area contributed by atoms with Crippen LogP contribution in [0.1, 0.15) is 6.42 Å². The topological polar surface area (TPSA) is 122 Å². The smallest absolute Gasteiger partial charge is 0.239 e. The number of nitrogen functional groups attached to an aromatic ring is 1. The summed E-state index contributed by atoms with van der Waals surface area (Å²) in [5, 5.41) is 3.05. The molecule has 1 aromatic rings. The molecule has 0 saturated carbocycles. The van der Waals surface area contributed by atoms with Crippen molar-refractivity contribution < 1.29 is 8.42 Å². The van der Waals surface area contributed by atoms with Gasteiger partial charge in [0.15, 0.2) is 0 Å². The molecule has 1 aromatic heterocycles. The zero-order valence-corrected chi connectivity index (χ0v) is 12.2. The van der Waals surface area contributed by atoms with Crippen molar-refractivity contribution in [3.05, 3.63) is 10.7 Å². The maximum absolute atomic E-state index is 10.8. The molecule has 5 N–H and O–H groups in total. The second kappa shape index (κ2) is 6.83. The van der Waals surface area contributed by atoms with E-state index in [0.29, 0.717) is 35.7 Å². The molecule has 0 fully saturated rings. The first-order chi connectivity index (χ1) is 8.42. The minimum absolute atomic E-state index is 0.301. The number of hydrazine groups is 1. The molecule has 0 aromatic carbocycles. The van der Waals surface area contributed by atoms with Gasteiger partial charge in [0.1, 0.15) is 5.82 Å². The average Bonchev–Trinajstić information content (AvgIpc) is 2.29. The summed E-state index contributed by atoms with van der Waals surface area (Å²) < 4.78 is 24.7. The Kier molecular flexibility index (Phi) is 5.72. The molecule has 0 amide bonds. The number of halogens is 1. The standard InChI is InChI=1S/C8H15BrN6O2S/c1-18(16,17)13-4-2-3-11-7-6(9)5-12-8(14-7)15-10/h5,13H,2-4,10H2,1H3,(H2,11,12,14,15). The number of hydrogen-bond donors (Lipinski definition) is 4. The number of nitrogens with two attached hydrogens (primary N) is 1. The van der Waals surface area contributed by atoms with Gasteiger partial charge < -0.3 is 5.32 Å².